The average Bonchev–Trinajstić information content (AvgIpc) is 3.52. The molecule has 0 radical (unpaired) electrons. The van der Waals surface area contributed by atoms with Crippen molar-refractivity contribution in [2.75, 3.05) is 13.1 Å². The molecule has 6 nitrogen and oxygen atoms in total. The van der Waals surface area contributed by atoms with Crippen molar-refractivity contribution in [3.8, 4) is 0 Å². The fourth-order valence-corrected chi connectivity index (χ4v) is 5.65. The van der Waals surface area contributed by atoms with Crippen LogP contribution in [0.5, 0.6) is 0 Å². The van der Waals surface area contributed by atoms with Gasteiger partial charge in [-0.15, -0.1) is 11.3 Å². The summed E-state index contributed by atoms with van der Waals surface area (Å²) in [5.74, 6) is -0.00993. The van der Waals surface area contributed by atoms with E-state index in [2.05, 4.69) is 10.3 Å². The van der Waals surface area contributed by atoms with E-state index >= 15 is 0 Å². The summed E-state index contributed by atoms with van der Waals surface area (Å²) in [7, 11) is 0. The number of amides is 2. The molecule has 0 spiro atoms. The van der Waals surface area contributed by atoms with E-state index in [0.29, 0.717) is 36.5 Å². The molecule has 0 unspecified atom stereocenters. The Morgan fingerprint density at radius 1 is 1.14 bits per heavy atom. The highest BCUT2D eigenvalue weighted by atomic mass is 32.1. The monoisotopic (exact) mass is 505 g/mol. The molecule has 0 atom stereocenters. The first-order valence-corrected chi connectivity index (χ1v) is 13.0. The highest BCUT2D eigenvalue weighted by Crippen LogP contribution is 2.31. The number of thiazole rings is 1. The van der Waals surface area contributed by atoms with Crippen molar-refractivity contribution < 1.29 is 18.4 Å². The Labute approximate surface area is 213 Å². The quantitative estimate of drug-likeness (QED) is 0.359. The number of hydrogen-bond donors (Lipinski definition) is 1. The van der Waals surface area contributed by atoms with Gasteiger partial charge in [0.2, 0.25) is 0 Å². The van der Waals surface area contributed by atoms with Gasteiger partial charge in [-0.2, -0.15) is 0 Å². The van der Waals surface area contributed by atoms with E-state index in [9.17, 15) is 14.0 Å². The van der Waals surface area contributed by atoms with Gasteiger partial charge >= 0.3 is 0 Å². The molecule has 4 aromatic rings. The molecule has 0 saturated carbocycles. The molecular formula is C28H28FN3O3S. The number of halogens is 1. The molecule has 2 aromatic carbocycles. The summed E-state index contributed by atoms with van der Waals surface area (Å²) in [5, 5.41) is 6.69. The standard InChI is InChI=1S/C28H28FN3O3S/c1-28(2,16-18-7-9-21(29)10-8-18)31-25(33)22-17-36-26(30-22)19-11-13-32(14-12-19)27(34)24-15-20-5-3-4-6-23(20)35-24/h3-10,15,17,19H,11-14,16H2,1-2H3,(H,31,33). The lowest BCUT2D eigenvalue weighted by Gasteiger charge is -2.30. The number of hydrogen-bond acceptors (Lipinski definition) is 5. The average molecular weight is 506 g/mol. The highest BCUT2D eigenvalue weighted by Gasteiger charge is 2.29. The van der Waals surface area contributed by atoms with Crippen LogP contribution in [0.15, 0.2) is 64.4 Å². The van der Waals surface area contributed by atoms with E-state index in [0.717, 1.165) is 28.8 Å². The van der Waals surface area contributed by atoms with Gasteiger partial charge in [-0.25, -0.2) is 9.37 Å². The van der Waals surface area contributed by atoms with Crippen molar-refractivity contribution in [2.45, 2.75) is 44.6 Å². The summed E-state index contributed by atoms with van der Waals surface area (Å²) in [4.78, 5) is 32.3. The van der Waals surface area contributed by atoms with Gasteiger partial charge in [0, 0.05) is 35.3 Å². The molecule has 1 N–H and O–H groups in total. The lowest BCUT2D eigenvalue weighted by molar-refractivity contribution is 0.0683. The zero-order valence-electron chi connectivity index (χ0n) is 20.3. The van der Waals surface area contributed by atoms with Crippen LogP contribution in [0.3, 0.4) is 0 Å². The molecular weight excluding hydrogens is 477 g/mol. The largest absolute Gasteiger partial charge is 0.451 e. The number of para-hydroxylation sites is 1. The van der Waals surface area contributed by atoms with Crippen LogP contribution in [0.25, 0.3) is 11.0 Å². The van der Waals surface area contributed by atoms with Gasteiger partial charge < -0.3 is 14.6 Å². The first-order chi connectivity index (χ1) is 17.3. The lowest BCUT2D eigenvalue weighted by Crippen LogP contribution is -2.45. The molecule has 1 fully saturated rings. The second-order valence-electron chi connectivity index (χ2n) is 9.93. The molecule has 0 aliphatic carbocycles. The Bertz CT molecular complexity index is 1350. The zero-order valence-corrected chi connectivity index (χ0v) is 21.1. The van der Waals surface area contributed by atoms with Crippen molar-refractivity contribution in [1.82, 2.24) is 15.2 Å². The molecule has 36 heavy (non-hydrogen) atoms. The van der Waals surface area contributed by atoms with Crippen LogP contribution in [0.2, 0.25) is 0 Å². The van der Waals surface area contributed by atoms with Crippen LogP contribution in [0, 0.1) is 5.82 Å². The summed E-state index contributed by atoms with van der Waals surface area (Å²) in [6.45, 7) is 5.12. The number of likely N-dealkylation sites (tertiary alicyclic amines) is 1. The Morgan fingerprint density at radius 2 is 1.86 bits per heavy atom. The number of carbonyl (C=O) groups is 2. The van der Waals surface area contributed by atoms with Crippen LogP contribution < -0.4 is 5.32 Å². The van der Waals surface area contributed by atoms with Crippen LogP contribution in [0.1, 0.15) is 64.2 Å². The molecule has 3 heterocycles. The Balaban J connectivity index is 1.17. The highest BCUT2D eigenvalue weighted by molar-refractivity contribution is 7.09. The molecule has 1 aliphatic rings. The summed E-state index contributed by atoms with van der Waals surface area (Å²) < 4.78 is 18.9. The fraction of sp³-hybridized carbons (Fsp3) is 0.321. The summed E-state index contributed by atoms with van der Waals surface area (Å²) in [6, 6.07) is 15.7. The van der Waals surface area contributed by atoms with Gasteiger partial charge in [-0.1, -0.05) is 30.3 Å². The molecule has 2 aromatic heterocycles. The Hall–Kier alpha value is -3.52. The van der Waals surface area contributed by atoms with Gasteiger partial charge in [0.1, 0.15) is 17.1 Å². The number of nitrogens with zero attached hydrogens (tertiary/aromatic N) is 2. The summed E-state index contributed by atoms with van der Waals surface area (Å²) in [6.07, 6.45) is 2.15. The van der Waals surface area contributed by atoms with Gasteiger partial charge in [-0.3, -0.25) is 9.59 Å². The predicted octanol–water partition coefficient (Wildman–Crippen LogP) is 5.80. The van der Waals surface area contributed by atoms with Gasteiger partial charge in [0.25, 0.3) is 11.8 Å². The van der Waals surface area contributed by atoms with Crippen LogP contribution >= 0.6 is 11.3 Å². The summed E-state index contributed by atoms with van der Waals surface area (Å²) >= 11 is 1.49. The van der Waals surface area contributed by atoms with Crippen LogP contribution in [0.4, 0.5) is 4.39 Å². The second-order valence-corrected chi connectivity index (χ2v) is 10.8. The Kier molecular flexibility index (Phi) is 6.62. The van der Waals surface area contributed by atoms with E-state index in [4.69, 9.17) is 4.42 Å². The maximum absolute atomic E-state index is 13.2. The number of carbonyl (C=O) groups excluding carboxylic acids is 2. The number of aromatic nitrogens is 1. The van der Waals surface area contributed by atoms with E-state index in [1.165, 1.54) is 23.5 Å². The SMILES string of the molecule is CC(C)(Cc1ccc(F)cc1)NC(=O)c1csc(C2CCN(C(=O)c3cc4ccccc4o3)CC2)n1. The smallest absolute Gasteiger partial charge is 0.289 e. The van der Waals surface area contributed by atoms with Crippen molar-refractivity contribution >= 4 is 34.1 Å². The van der Waals surface area contributed by atoms with Crippen molar-refractivity contribution in [3.63, 3.8) is 0 Å². The minimum atomic E-state index is -0.513. The number of nitrogens with one attached hydrogen (secondary N) is 1. The first-order valence-electron chi connectivity index (χ1n) is 12.1. The minimum absolute atomic E-state index is 0.0905. The maximum Gasteiger partial charge on any atom is 0.289 e. The maximum atomic E-state index is 13.2. The van der Waals surface area contributed by atoms with Crippen LogP contribution in [-0.2, 0) is 6.42 Å². The number of fused-ring (bicyclic) bond motifs is 1. The molecule has 5 rings (SSSR count). The number of benzene rings is 2. The van der Waals surface area contributed by atoms with Crippen LogP contribution in [-0.4, -0.2) is 40.3 Å². The minimum Gasteiger partial charge on any atom is -0.451 e. The lowest BCUT2D eigenvalue weighted by atomic mass is 9.94. The molecule has 1 saturated heterocycles. The van der Waals surface area contributed by atoms with Crippen molar-refractivity contribution in [3.05, 3.63) is 87.8 Å². The van der Waals surface area contributed by atoms with E-state index in [-0.39, 0.29) is 23.5 Å². The van der Waals surface area contributed by atoms with Crippen molar-refractivity contribution in [1.29, 1.82) is 0 Å². The Morgan fingerprint density at radius 3 is 2.58 bits per heavy atom. The number of rotatable bonds is 6. The molecule has 1 aliphatic heterocycles. The third-order valence-corrected chi connectivity index (χ3v) is 7.54. The molecule has 186 valence electrons. The molecule has 0 bridgehead atoms. The number of piperidine rings is 1. The van der Waals surface area contributed by atoms with Gasteiger partial charge in [0.15, 0.2) is 5.76 Å². The summed E-state index contributed by atoms with van der Waals surface area (Å²) in [5.41, 5.74) is 1.55. The van der Waals surface area contributed by atoms with Gasteiger partial charge in [0.05, 0.1) is 5.01 Å². The third-order valence-electron chi connectivity index (χ3n) is 6.53. The topological polar surface area (TPSA) is 75.4 Å². The normalized spacial score (nSPS) is 14.8. The zero-order chi connectivity index (χ0) is 25.3. The van der Waals surface area contributed by atoms with Gasteiger partial charge in [-0.05, 0) is 62.9 Å². The van der Waals surface area contributed by atoms with E-state index < -0.39 is 5.54 Å². The third kappa shape index (κ3) is 5.33. The van der Waals surface area contributed by atoms with Crippen molar-refractivity contribution in [2.24, 2.45) is 0 Å². The predicted molar refractivity (Wildman–Crippen MR) is 138 cm³/mol. The first kappa shape index (κ1) is 24.2. The molecule has 8 heteroatoms. The molecule has 2 amide bonds. The van der Waals surface area contributed by atoms with E-state index in [1.807, 2.05) is 43.0 Å². The second kappa shape index (κ2) is 9.85. The number of furan rings is 1. The fourth-order valence-electron chi connectivity index (χ4n) is 4.68. The van der Waals surface area contributed by atoms with E-state index in [1.54, 1.807) is 23.6 Å².